The highest BCUT2D eigenvalue weighted by Gasteiger charge is 2.48. The van der Waals surface area contributed by atoms with Crippen LogP contribution in [0.1, 0.15) is 20.7 Å². The van der Waals surface area contributed by atoms with Crippen LogP contribution in [0.15, 0.2) is 48.5 Å². The summed E-state index contributed by atoms with van der Waals surface area (Å²) in [5.74, 6) is -0.193. The van der Waals surface area contributed by atoms with Gasteiger partial charge in [-0.05, 0) is 48.5 Å². The fraction of sp³-hybridized carbons (Fsp3) is 0.391. The first-order chi connectivity index (χ1) is 15.5. The Morgan fingerprint density at radius 3 is 1.84 bits per heavy atom. The van der Waals surface area contributed by atoms with Crippen LogP contribution in [0.4, 0.5) is 4.39 Å². The Hall–Kier alpha value is -3.17. The third-order valence-corrected chi connectivity index (χ3v) is 4.99. The number of carbonyl (C=O) groups is 2. The Morgan fingerprint density at radius 2 is 1.34 bits per heavy atom. The number of hydrogen-bond acceptors (Lipinski definition) is 8. The van der Waals surface area contributed by atoms with E-state index < -0.39 is 36.4 Å². The van der Waals surface area contributed by atoms with Crippen molar-refractivity contribution in [3.63, 3.8) is 0 Å². The Morgan fingerprint density at radius 1 is 0.812 bits per heavy atom. The molecule has 2 aromatic rings. The maximum Gasteiger partial charge on any atom is 0.338 e. The van der Waals surface area contributed by atoms with Crippen molar-refractivity contribution in [3.8, 4) is 11.5 Å². The van der Waals surface area contributed by atoms with Crippen LogP contribution in [-0.2, 0) is 18.9 Å². The summed E-state index contributed by atoms with van der Waals surface area (Å²) in [6.45, 7) is -0.341. The summed E-state index contributed by atoms with van der Waals surface area (Å²) < 4.78 is 46.4. The number of esters is 2. The molecule has 1 aliphatic heterocycles. The van der Waals surface area contributed by atoms with Gasteiger partial charge in [0.05, 0.1) is 32.0 Å². The highest BCUT2D eigenvalue weighted by molar-refractivity contribution is 5.90. The van der Waals surface area contributed by atoms with Crippen molar-refractivity contribution >= 4 is 11.9 Å². The zero-order chi connectivity index (χ0) is 23.1. The second kappa shape index (κ2) is 10.9. The van der Waals surface area contributed by atoms with Gasteiger partial charge < -0.3 is 28.4 Å². The third-order valence-electron chi connectivity index (χ3n) is 4.99. The van der Waals surface area contributed by atoms with Gasteiger partial charge in [-0.1, -0.05) is 0 Å². The molecule has 8 nitrogen and oxygen atoms in total. The number of alkyl halides is 1. The maximum atomic E-state index is 15.0. The van der Waals surface area contributed by atoms with E-state index in [2.05, 4.69) is 0 Å². The fourth-order valence-electron chi connectivity index (χ4n) is 3.25. The van der Waals surface area contributed by atoms with Crippen LogP contribution in [0, 0.1) is 0 Å². The molecule has 9 heteroatoms. The summed E-state index contributed by atoms with van der Waals surface area (Å²) in [6, 6.07) is 12.5. The molecule has 1 unspecified atom stereocenters. The van der Waals surface area contributed by atoms with Gasteiger partial charge in [0.15, 0.2) is 12.3 Å². The lowest BCUT2D eigenvalue weighted by atomic mass is 10.1. The van der Waals surface area contributed by atoms with Gasteiger partial charge in [-0.15, -0.1) is 0 Å². The molecule has 0 N–H and O–H groups in total. The summed E-state index contributed by atoms with van der Waals surface area (Å²) in [5.41, 5.74) is 0.517. The first-order valence-corrected chi connectivity index (χ1v) is 9.91. The van der Waals surface area contributed by atoms with E-state index >= 15 is 0 Å². The molecule has 172 valence electrons. The number of rotatable bonds is 9. The number of hydrogen-bond donors (Lipinski definition) is 0. The van der Waals surface area contributed by atoms with Crippen molar-refractivity contribution in [3.05, 3.63) is 59.7 Å². The molecule has 4 atom stereocenters. The predicted octanol–water partition coefficient (Wildman–Crippen LogP) is 2.84. The standard InChI is InChI=1S/C23H25FO8/c1-27-12-18-20(24)21(32-23(26)15-6-10-17(29-3)11-7-15)19(31-18)13-30-22(25)14-4-8-16(28-2)9-5-14/h4-11,18-21H,12-13H2,1-3H3/t18?,19-,20-,21-/m1/s1. The molecule has 1 fully saturated rings. The molecule has 1 aliphatic rings. The fourth-order valence-corrected chi connectivity index (χ4v) is 3.25. The summed E-state index contributed by atoms with van der Waals surface area (Å²) >= 11 is 0. The molecule has 1 heterocycles. The monoisotopic (exact) mass is 448 g/mol. The van der Waals surface area contributed by atoms with E-state index in [9.17, 15) is 14.0 Å². The number of halogens is 1. The van der Waals surface area contributed by atoms with Crippen molar-refractivity contribution in [1.29, 1.82) is 0 Å². The lowest BCUT2D eigenvalue weighted by Gasteiger charge is -2.20. The minimum absolute atomic E-state index is 0.0410. The van der Waals surface area contributed by atoms with Crippen LogP contribution >= 0.6 is 0 Å². The van der Waals surface area contributed by atoms with Gasteiger partial charge in [0.2, 0.25) is 0 Å². The first-order valence-electron chi connectivity index (χ1n) is 9.91. The number of ether oxygens (including phenoxy) is 6. The molecule has 0 saturated carbocycles. The minimum atomic E-state index is -1.65. The summed E-state index contributed by atoms with van der Waals surface area (Å²) in [5, 5.41) is 0. The molecular weight excluding hydrogens is 423 g/mol. The molecule has 0 spiro atoms. The average molecular weight is 448 g/mol. The van der Waals surface area contributed by atoms with Gasteiger partial charge in [0.25, 0.3) is 0 Å². The van der Waals surface area contributed by atoms with Gasteiger partial charge in [-0.2, -0.15) is 0 Å². The zero-order valence-corrected chi connectivity index (χ0v) is 18.0. The van der Waals surface area contributed by atoms with E-state index in [0.717, 1.165) is 0 Å². The average Bonchev–Trinajstić information content (AvgIpc) is 3.12. The molecule has 0 amide bonds. The zero-order valence-electron chi connectivity index (χ0n) is 18.0. The van der Waals surface area contributed by atoms with Gasteiger partial charge in [-0.3, -0.25) is 0 Å². The van der Waals surface area contributed by atoms with Crippen molar-refractivity contribution in [2.75, 3.05) is 34.5 Å². The number of benzene rings is 2. The highest BCUT2D eigenvalue weighted by Crippen LogP contribution is 2.29. The van der Waals surface area contributed by atoms with Crippen LogP contribution in [0.5, 0.6) is 11.5 Å². The normalized spacial score (nSPS) is 22.2. The Labute approximate surface area is 185 Å². The molecule has 2 aromatic carbocycles. The Kier molecular flexibility index (Phi) is 8.02. The second-order valence-corrected chi connectivity index (χ2v) is 7.04. The molecule has 3 rings (SSSR count). The second-order valence-electron chi connectivity index (χ2n) is 7.04. The number of methoxy groups -OCH3 is 3. The molecule has 1 saturated heterocycles. The minimum Gasteiger partial charge on any atom is -0.497 e. The van der Waals surface area contributed by atoms with Gasteiger partial charge >= 0.3 is 11.9 Å². The summed E-state index contributed by atoms with van der Waals surface area (Å²) in [6.07, 6.45) is -4.87. The van der Waals surface area contributed by atoms with Crippen molar-refractivity contribution in [2.45, 2.75) is 24.5 Å². The quantitative estimate of drug-likeness (QED) is 0.541. The molecule has 0 bridgehead atoms. The predicted molar refractivity (Wildman–Crippen MR) is 111 cm³/mol. The van der Waals surface area contributed by atoms with Crippen LogP contribution in [-0.4, -0.2) is 71.0 Å². The molecule has 0 aliphatic carbocycles. The van der Waals surface area contributed by atoms with Crippen molar-refractivity contribution < 1.29 is 42.4 Å². The van der Waals surface area contributed by atoms with Gasteiger partial charge in [0.1, 0.15) is 30.3 Å². The molecule has 0 aromatic heterocycles. The first kappa shape index (κ1) is 23.5. The highest BCUT2D eigenvalue weighted by atomic mass is 19.1. The van der Waals surface area contributed by atoms with E-state index in [1.54, 1.807) is 36.4 Å². The summed E-state index contributed by atoms with van der Waals surface area (Å²) in [7, 11) is 4.43. The SMILES string of the molecule is COCC1O[C@H](COC(=O)c2ccc(OC)cc2)[C@@H](OC(=O)c2ccc(OC)cc2)[C@@H]1F. The van der Waals surface area contributed by atoms with Crippen LogP contribution in [0.3, 0.4) is 0 Å². The lowest BCUT2D eigenvalue weighted by Crippen LogP contribution is -2.37. The molecule has 0 radical (unpaired) electrons. The summed E-state index contributed by atoms with van der Waals surface area (Å²) in [4.78, 5) is 24.9. The smallest absolute Gasteiger partial charge is 0.338 e. The van der Waals surface area contributed by atoms with Crippen LogP contribution < -0.4 is 9.47 Å². The lowest BCUT2D eigenvalue weighted by molar-refractivity contribution is -0.0543. The van der Waals surface area contributed by atoms with E-state index in [4.69, 9.17) is 28.4 Å². The molecular formula is C23H25FO8. The Balaban J connectivity index is 1.67. The largest absolute Gasteiger partial charge is 0.497 e. The van der Waals surface area contributed by atoms with Gasteiger partial charge in [-0.25, -0.2) is 14.0 Å². The van der Waals surface area contributed by atoms with E-state index in [1.807, 2.05) is 0 Å². The van der Waals surface area contributed by atoms with Crippen molar-refractivity contribution in [2.24, 2.45) is 0 Å². The number of carbonyl (C=O) groups excluding carboxylic acids is 2. The Bertz CT molecular complexity index is 899. The third kappa shape index (κ3) is 5.54. The van der Waals surface area contributed by atoms with Crippen LogP contribution in [0.25, 0.3) is 0 Å². The molecule has 32 heavy (non-hydrogen) atoms. The van der Waals surface area contributed by atoms with Gasteiger partial charge in [0, 0.05) is 7.11 Å². The maximum absolute atomic E-state index is 15.0. The van der Waals surface area contributed by atoms with E-state index in [-0.39, 0.29) is 18.8 Å². The van der Waals surface area contributed by atoms with E-state index in [0.29, 0.717) is 17.1 Å². The van der Waals surface area contributed by atoms with E-state index in [1.165, 1.54) is 33.5 Å². The van der Waals surface area contributed by atoms with Crippen molar-refractivity contribution in [1.82, 2.24) is 0 Å². The topological polar surface area (TPSA) is 89.5 Å². The van der Waals surface area contributed by atoms with Crippen LogP contribution in [0.2, 0.25) is 0 Å².